The number of benzene rings is 1. The maximum atomic E-state index is 13.0. The second kappa shape index (κ2) is 5.79. The lowest BCUT2D eigenvalue weighted by Gasteiger charge is -2.19. The van der Waals surface area contributed by atoms with Crippen LogP contribution >= 0.6 is 0 Å². The zero-order chi connectivity index (χ0) is 14.7. The smallest absolute Gasteiger partial charge is 0.370 e. The number of hydrogen-bond donors (Lipinski definition) is 1. The van der Waals surface area contributed by atoms with Crippen molar-refractivity contribution in [2.24, 2.45) is 5.73 Å². The Bertz CT molecular complexity index is 432. The second-order valence-electron chi connectivity index (χ2n) is 3.87. The van der Waals surface area contributed by atoms with Gasteiger partial charge in [-0.15, -0.1) is 0 Å². The molecule has 0 aliphatic heterocycles. The molecule has 0 fully saturated rings. The van der Waals surface area contributed by atoms with Crippen LogP contribution in [0, 0.1) is 5.82 Å². The van der Waals surface area contributed by atoms with E-state index in [9.17, 15) is 26.3 Å². The zero-order valence-corrected chi connectivity index (χ0v) is 9.61. The highest BCUT2D eigenvalue weighted by Gasteiger charge is 2.57. The average Bonchev–Trinajstić information content (AvgIpc) is 2.26. The number of nitrogens with two attached hydrogens (primary N) is 1. The summed E-state index contributed by atoms with van der Waals surface area (Å²) in [5, 5.41) is 0. The molecule has 1 rings (SSSR count). The van der Waals surface area contributed by atoms with Gasteiger partial charge in [-0.3, -0.25) is 0 Å². The Balaban J connectivity index is 2.61. The first-order valence-corrected chi connectivity index (χ1v) is 5.16. The van der Waals surface area contributed by atoms with Crippen LogP contribution in [0.15, 0.2) is 18.2 Å². The van der Waals surface area contributed by atoms with Crippen molar-refractivity contribution in [2.45, 2.75) is 25.3 Å². The van der Waals surface area contributed by atoms with Crippen molar-refractivity contribution in [1.82, 2.24) is 0 Å². The minimum atomic E-state index is -5.67. The first kappa shape index (κ1) is 15.8. The molecule has 0 amide bonds. The highest BCUT2D eigenvalue weighted by atomic mass is 19.4. The molecule has 0 aromatic heterocycles. The van der Waals surface area contributed by atoms with Gasteiger partial charge >= 0.3 is 12.1 Å². The molecule has 8 heteroatoms. The lowest BCUT2D eigenvalue weighted by molar-refractivity contribution is -0.297. The molecule has 1 aromatic carbocycles. The van der Waals surface area contributed by atoms with E-state index in [0.717, 1.165) is 12.1 Å². The van der Waals surface area contributed by atoms with Gasteiger partial charge in [0.1, 0.15) is 12.4 Å². The van der Waals surface area contributed by atoms with Crippen molar-refractivity contribution in [1.29, 1.82) is 0 Å². The Morgan fingerprint density at radius 1 is 1.00 bits per heavy atom. The SMILES string of the molecule is NCc1cc(F)cc(COCC(F)(F)C(F)(F)F)c1. The zero-order valence-electron chi connectivity index (χ0n) is 9.61. The normalized spacial score (nSPS) is 12.8. The van der Waals surface area contributed by atoms with Gasteiger partial charge in [-0.05, 0) is 23.3 Å². The van der Waals surface area contributed by atoms with Crippen LogP contribution in [-0.4, -0.2) is 18.7 Å². The first-order chi connectivity index (χ1) is 8.65. The maximum Gasteiger partial charge on any atom is 0.455 e. The van der Waals surface area contributed by atoms with E-state index in [1.54, 1.807) is 0 Å². The van der Waals surface area contributed by atoms with Crippen LogP contribution in [0.5, 0.6) is 0 Å². The molecule has 2 N–H and O–H groups in total. The van der Waals surface area contributed by atoms with Crippen LogP contribution in [0.25, 0.3) is 0 Å². The fourth-order valence-electron chi connectivity index (χ4n) is 1.30. The van der Waals surface area contributed by atoms with Crippen LogP contribution in [-0.2, 0) is 17.9 Å². The van der Waals surface area contributed by atoms with Gasteiger partial charge in [-0.1, -0.05) is 6.07 Å². The molecule has 0 heterocycles. The van der Waals surface area contributed by atoms with Crippen molar-refractivity contribution in [2.75, 3.05) is 6.61 Å². The van der Waals surface area contributed by atoms with Crippen LogP contribution in [0.1, 0.15) is 11.1 Å². The summed E-state index contributed by atoms with van der Waals surface area (Å²) < 4.78 is 77.8. The van der Waals surface area contributed by atoms with Crippen molar-refractivity contribution in [3.8, 4) is 0 Å². The Kier molecular flexibility index (Phi) is 4.81. The Labute approximate surface area is 105 Å². The van der Waals surface area contributed by atoms with E-state index < -0.39 is 31.1 Å². The van der Waals surface area contributed by atoms with Gasteiger partial charge < -0.3 is 10.5 Å². The van der Waals surface area contributed by atoms with E-state index >= 15 is 0 Å². The summed E-state index contributed by atoms with van der Waals surface area (Å²) in [6, 6.07) is 3.48. The average molecular weight is 287 g/mol. The summed E-state index contributed by atoms with van der Waals surface area (Å²) in [4.78, 5) is 0. The standard InChI is InChI=1S/C11H11F6NO/c12-9-2-7(4-18)1-8(3-9)5-19-6-10(13,14)11(15,16)17/h1-3H,4-6,18H2. The van der Waals surface area contributed by atoms with Gasteiger partial charge in [0.15, 0.2) is 0 Å². The third kappa shape index (κ3) is 4.39. The summed E-state index contributed by atoms with van der Waals surface area (Å²) in [6.07, 6.45) is -5.67. The minimum Gasteiger partial charge on any atom is -0.370 e. The lowest BCUT2D eigenvalue weighted by Crippen LogP contribution is -2.40. The van der Waals surface area contributed by atoms with Gasteiger partial charge in [-0.25, -0.2) is 4.39 Å². The third-order valence-corrected chi connectivity index (χ3v) is 2.22. The predicted molar refractivity (Wildman–Crippen MR) is 54.9 cm³/mol. The highest BCUT2D eigenvalue weighted by molar-refractivity contribution is 5.24. The first-order valence-electron chi connectivity index (χ1n) is 5.16. The molecule has 0 bridgehead atoms. The van der Waals surface area contributed by atoms with E-state index in [0.29, 0.717) is 5.56 Å². The Hall–Kier alpha value is -1.28. The number of halogens is 6. The van der Waals surface area contributed by atoms with Gasteiger partial charge in [0.05, 0.1) is 6.61 Å². The molecule has 108 valence electrons. The van der Waals surface area contributed by atoms with Crippen molar-refractivity contribution in [3.63, 3.8) is 0 Å². The Morgan fingerprint density at radius 2 is 1.58 bits per heavy atom. The molecule has 0 saturated heterocycles. The predicted octanol–water partition coefficient (Wildman–Crippen LogP) is 3.00. The summed E-state index contributed by atoms with van der Waals surface area (Å²) >= 11 is 0. The van der Waals surface area contributed by atoms with Gasteiger partial charge in [0.25, 0.3) is 0 Å². The third-order valence-electron chi connectivity index (χ3n) is 2.22. The fraction of sp³-hybridized carbons (Fsp3) is 0.455. The summed E-state index contributed by atoms with van der Waals surface area (Å²) in [5.74, 6) is -5.60. The lowest BCUT2D eigenvalue weighted by atomic mass is 10.1. The molecule has 0 radical (unpaired) electrons. The highest BCUT2D eigenvalue weighted by Crippen LogP contribution is 2.35. The molecule has 2 nitrogen and oxygen atoms in total. The number of ether oxygens (including phenoxy) is 1. The molecular weight excluding hydrogens is 276 g/mol. The van der Waals surface area contributed by atoms with E-state index in [2.05, 4.69) is 4.74 Å². The molecule has 0 aliphatic rings. The molecule has 0 atom stereocenters. The van der Waals surface area contributed by atoms with Crippen LogP contribution in [0.3, 0.4) is 0 Å². The van der Waals surface area contributed by atoms with Crippen molar-refractivity contribution >= 4 is 0 Å². The minimum absolute atomic E-state index is 0.0173. The number of alkyl halides is 5. The fourth-order valence-corrected chi connectivity index (χ4v) is 1.30. The molecule has 0 saturated carbocycles. The van der Waals surface area contributed by atoms with Gasteiger partial charge in [0.2, 0.25) is 0 Å². The van der Waals surface area contributed by atoms with E-state index in [-0.39, 0.29) is 12.1 Å². The van der Waals surface area contributed by atoms with Crippen LogP contribution in [0.2, 0.25) is 0 Å². The van der Waals surface area contributed by atoms with Gasteiger partial charge in [-0.2, -0.15) is 22.0 Å². The van der Waals surface area contributed by atoms with Crippen molar-refractivity contribution < 1.29 is 31.1 Å². The molecule has 0 unspecified atom stereocenters. The second-order valence-corrected chi connectivity index (χ2v) is 3.87. The van der Waals surface area contributed by atoms with Crippen LogP contribution < -0.4 is 5.73 Å². The summed E-state index contributed by atoms with van der Waals surface area (Å²) in [5.41, 5.74) is 5.79. The summed E-state index contributed by atoms with van der Waals surface area (Å²) in [7, 11) is 0. The number of hydrogen-bond acceptors (Lipinski definition) is 2. The molecule has 0 aliphatic carbocycles. The van der Waals surface area contributed by atoms with Crippen LogP contribution in [0.4, 0.5) is 26.3 Å². The van der Waals surface area contributed by atoms with E-state index in [4.69, 9.17) is 5.73 Å². The molecule has 0 spiro atoms. The topological polar surface area (TPSA) is 35.2 Å². The summed E-state index contributed by atoms with van der Waals surface area (Å²) in [6.45, 7) is -2.36. The molecular formula is C11H11F6NO. The maximum absolute atomic E-state index is 13.0. The quantitative estimate of drug-likeness (QED) is 0.845. The van der Waals surface area contributed by atoms with E-state index in [1.807, 2.05) is 0 Å². The Morgan fingerprint density at radius 3 is 2.11 bits per heavy atom. The number of rotatable bonds is 5. The monoisotopic (exact) mass is 287 g/mol. The molecule has 19 heavy (non-hydrogen) atoms. The van der Waals surface area contributed by atoms with E-state index in [1.165, 1.54) is 6.07 Å². The largest absolute Gasteiger partial charge is 0.455 e. The van der Waals surface area contributed by atoms with Crippen molar-refractivity contribution in [3.05, 3.63) is 35.1 Å². The van der Waals surface area contributed by atoms with Gasteiger partial charge in [0, 0.05) is 6.54 Å². The molecule has 1 aromatic rings.